The van der Waals surface area contributed by atoms with Crippen molar-refractivity contribution >= 4 is 17.9 Å². The molecule has 1 saturated heterocycles. The van der Waals surface area contributed by atoms with Crippen LogP contribution in [0.25, 0.3) is 0 Å². The molecule has 0 aromatic carbocycles. The van der Waals surface area contributed by atoms with E-state index in [9.17, 15) is 9.90 Å². The van der Waals surface area contributed by atoms with Crippen molar-refractivity contribution in [1.29, 1.82) is 0 Å². The minimum Gasteiger partial charge on any atom is -0.444 e. The minimum absolute atomic E-state index is 0.220. The van der Waals surface area contributed by atoms with Gasteiger partial charge in [0.1, 0.15) is 5.60 Å². The molecule has 1 aliphatic heterocycles. The molecule has 2 unspecified atom stereocenters. The van der Waals surface area contributed by atoms with E-state index < -0.39 is 11.2 Å². The largest absolute Gasteiger partial charge is 0.444 e. The Morgan fingerprint density at radius 3 is 2.59 bits per heavy atom. The molecule has 0 aromatic rings. The molecular formula is C16H32N2O3S. The molecule has 1 heterocycles. The molecule has 0 aliphatic carbocycles. The molecule has 1 aliphatic rings. The summed E-state index contributed by atoms with van der Waals surface area (Å²) in [5, 5.41) is 13.7. The first-order chi connectivity index (χ1) is 10.1. The number of aliphatic hydroxyl groups is 1. The molecule has 6 heteroatoms. The van der Waals surface area contributed by atoms with E-state index in [0.717, 1.165) is 31.6 Å². The summed E-state index contributed by atoms with van der Waals surface area (Å²) in [6.45, 7) is 9.57. The van der Waals surface area contributed by atoms with Gasteiger partial charge in [-0.1, -0.05) is 0 Å². The van der Waals surface area contributed by atoms with Crippen molar-refractivity contribution in [3.8, 4) is 0 Å². The van der Waals surface area contributed by atoms with Crippen LogP contribution in [-0.2, 0) is 4.74 Å². The maximum atomic E-state index is 12.1. The van der Waals surface area contributed by atoms with Gasteiger partial charge in [0.25, 0.3) is 0 Å². The highest BCUT2D eigenvalue weighted by Crippen LogP contribution is 2.16. The van der Waals surface area contributed by atoms with Crippen molar-refractivity contribution in [3.63, 3.8) is 0 Å². The molecule has 0 spiro atoms. The summed E-state index contributed by atoms with van der Waals surface area (Å²) in [6, 6.07) is 0.348. The number of amides is 1. The van der Waals surface area contributed by atoms with Crippen molar-refractivity contribution in [2.75, 3.05) is 31.6 Å². The fourth-order valence-electron chi connectivity index (χ4n) is 2.54. The molecule has 1 rings (SSSR count). The van der Waals surface area contributed by atoms with Gasteiger partial charge in [0, 0.05) is 31.4 Å². The second-order valence-corrected chi connectivity index (χ2v) is 8.27. The summed E-state index contributed by atoms with van der Waals surface area (Å²) < 4.78 is 5.44. The third kappa shape index (κ3) is 7.70. The number of carbonyl (C=O) groups is 1. The first-order valence-corrected chi connectivity index (χ1v) is 9.45. The molecule has 1 fully saturated rings. The zero-order valence-corrected chi connectivity index (χ0v) is 15.5. The number of hydrogen-bond donors (Lipinski definition) is 2. The maximum absolute atomic E-state index is 12.1. The molecule has 2 atom stereocenters. The number of likely N-dealkylation sites (tertiary alicyclic amines) is 1. The smallest absolute Gasteiger partial charge is 0.410 e. The summed E-state index contributed by atoms with van der Waals surface area (Å²) in [6.07, 6.45) is 4.66. The first kappa shape index (κ1) is 19.6. The number of thioether (sulfide) groups is 1. The lowest BCUT2D eigenvalue weighted by molar-refractivity contribution is 0.0254. The van der Waals surface area contributed by atoms with E-state index in [1.165, 1.54) is 0 Å². The Balaban J connectivity index is 2.41. The Hall–Kier alpha value is -0.460. The number of ether oxygens (including phenoxy) is 1. The lowest BCUT2D eigenvalue weighted by Gasteiger charge is -2.27. The minimum atomic E-state index is -0.684. The number of hydrogen-bond acceptors (Lipinski definition) is 5. The van der Waals surface area contributed by atoms with Gasteiger partial charge in [0.15, 0.2) is 0 Å². The van der Waals surface area contributed by atoms with E-state index in [2.05, 4.69) is 5.32 Å². The average Bonchev–Trinajstić information content (AvgIpc) is 2.60. The number of rotatable bonds is 5. The van der Waals surface area contributed by atoms with Crippen molar-refractivity contribution in [1.82, 2.24) is 10.2 Å². The van der Waals surface area contributed by atoms with Crippen molar-refractivity contribution in [2.24, 2.45) is 0 Å². The van der Waals surface area contributed by atoms with Crippen LogP contribution in [0, 0.1) is 0 Å². The lowest BCUT2D eigenvalue weighted by Crippen LogP contribution is -2.44. The first-order valence-electron chi connectivity index (χ1n) is 8.05. The highest BCUT2D eigenvalue weighted by molar-refractivity contribution is 7.98. The Bertz CT molecular complexity index is 356. The van der Waals surface area contributed by atoms with Gasteiger partial charge in [0.2, 0.25) is 0 Å². The normalized spacial score (nSPS) is 22.8. The van der Waals surface area contributed by atoms with E-state index in [0.29, 0.717) is 19.1 Å². The fraction of sp³-hybridized carbons (Fsp3) is 0.938. The van der Waals surface area contributed by atoms with E-state index in [1.54, 1.807) is 16.7 Å². The van der Waals surface area contributed by atoms with E-state index >= 15 is 0 Å². The zero-order chi connectivity index (χ0) is 16.8. The van der Waals surface area contributed by atoms with Crippen LogP contribution in [0.5, 0.6) is 0 Å². The van der Waals surface area contributed by atoms with Gasteiger partial charge in [-0.2, -0.15) is 11.8 Å². The fourth-order valence-corrected chi connectivity index (χ4v) is 3.26. The van der Waals surface area contributed by atoms with Gasteiger partial charge < -0.3 is 20.1 Å². The predicted octanol–water partition coefficient (Wildman–Crippen LogP) is 2.48. The Morgan fingerprint density at radius 1 is 1.32 bits per heavy atom. The van der Waals surface area contributed by atoms with Crippen molar-refractivity contribution in [3.05, 3.63) is 0 Å². The second kappa shape index (κ2) is 8.41. The molecule has 5 nitrogen and oxygen atoms in total. The quantitative estimate of drug-likeness (QED) is 0.810. The highest BCUT2D eigenvalue weighted by atomic mass is 32.2. The monoisotopic (exact) mass is 332 g/mol. The summed E-state index contributed by atoms with van der Waals surface area (Å²) in [5.74, 6) is 0.719. The average molecular weight is 333 g/mol. The molecule has 1 amide bonds. The summed E-state index contributed by atoms with van der Waals surface area (Å²) in [4.78, 5) is 13.9. The predicted molar refractivity (Wildman–Crippen MR) is 92.5 cm³/mol. The summed E-state index contributed by atoms with van der Waals surface area (Å²) >= 11 is 1.65. The topological polar surface area (TPSA) is 61.8 Å². The van der Waals surface area contributed by atoms with Gasteiger partial charge in [0.05, 0.1) is 5.60 Å². The van der Waals surface area contributed by atoms with Gasteiger partial charge in [-0.15, -0.1) is 0 Å². The van der Waals surface area contributed by atoms with Crippen LogP contribution in [0.15, 0.2) is 0 Å². The van der Waals surface area contributed by atoms with Crippen LogP contribution in [0.1, 0.15) is 47.0 Å². The van der Waals surface area contributed by atoms with Crippen LogP contribution in [-0.4, -0.2) is 65.0 Å². The Labute approximate surface area is 139 Å². The number of nitrogens with one attached hydrogen (secondary N) is 1. The third-order valence-electron chi connectivity index (χ3n) is 3.61. The van der Waals surface area contributed by atoms with Gasteiger partial charge in [-0.25, -0.2) is 4.79 Å². The molecule has 0 radical (unpaired) electrons. The number of carbonyl (C=O) groups excluding carboxylic acids is 1. The standard InChI is InChI=1S/C16H32N2O3S/c1-15(2,3)21-14(19)18-9-6-7-13(8-10-18)17-11-16(4,20)12-22-5/h13,17,20H,6-12H2,1-5H3. The second-order valence-electron chi connectivity index (χ2n) is 7.41. The molecule has 0 saturated carbocycles. The van der Waals surface area contributed by atoms with Crippen LogP contribution in [0.3, 0.4) is 0 Å². The highest BCUT2D eigenvalue weighted by Gasteiger charge is 2.26. The van der Waals surface area contributed by atoms with Crippen LogP contribution >= 0.6 is 11.8 Å². The number of nitrogens with zero attached hydrogens (tertiary/aromatic N) is 1. The molecule has 0 bridgehead atoms. The zero-order valence-electron chi connectivity index (χ0n) is 14.6. The maximum Gasteiger partial charge on any atom is 0.410 e. The van der Waals surface area contributed by atoms with Crippen molar-refractivity contribution in [2.45, 2.75) is 64.2 Å². The Kier molecular flexibility index (Phi) is 7.49. The van der Waals surface area contributed by atoms with E-state index in [1.807, 2.05) is 34.0 Å². The van der Waals surface area contributed by atoms with Crippen LogP contribution in [0.4, 0.5) is 4.79 Å². The van der Waals surface area contributed by atoms with Crippen LogP contribution in [0.2, 0.25) is 0 Å². The Morgan fingerprint density at radius 2 is 2.00 bits per heavy atom. The molecule has 22 heavy (non-hydrogen) atoms. The van der Waals surface area contributed by atoms with E-state index in [4.69, 9.17) is 4.74 Å². The van der Waals surface area contributed by atoms with Crippen LogP contribution < -0.4 is 5.32 Å². The molecule has 130 valence electrons. The summed E-state index contributed by atoms with van der Waals surface area (Å²) in [7, 11) is 0. The lowest BCUT2D eigenvalue weighted by atomic mass is 10.1. The summed E-state index contributed by atoms with van der Waals surface area (Å²) in [5.41, 5.74) is -1.13. The molecule has 0 aromatic heterocycles. The van der Waals surface area contributed by atoms with Gasteiger partial charge >= 0.3 is 6.09 Å². The van der Waals surface area contributed by atoms with Crippen molar-refractivity contribution < 1.29 is 14.6 Å². The van der Waals surface area contributed by atoms with E-state index in [-0.39, 0.29) is 6.09 Å². The van der Waals surface area contributed by atoms with Gasteiger partial charge in [-0.3, -0.25) is 0 Å². The third-order valence-corrected chi connectivity index (χ3v) is 4.52. The molecular weight excluding hydrogens is 300 g/mol. The van der Waals surface area contributed by atoms with Gasteiger partial charge in [-0.05, 0) is 53.2 Å². The SMILES string of the molecule is CSCC(C)(O)CNC1CCCN(C(=O)OC(C)(C)C)CC1. The molecule has 2 N–H and O–H groups in total.